The second kappa shape index (κ2) is 7.13. The zero-order chi connectivity index (χ0) is 17.0. The summed E-state index contributed by atoms with van der Waals surface area (Å²) in [6.07, 6.45) is 1.61. The number of hydrogen-bond donors (Lipinski definition) is 1. The zero-order valence-electron chi connectivity index (χ0n) is 13.3. The number of para-hydroxylation sites is 1. The van der Waals surface area contributed by atoms with E-state index in [4.69, 9.17) is 11.6 Å². The fourth-order valence-electron chi connectivity index (χ4n) is 2.19. The Kier molecular flexibility index (Phi) is 5.20. The molecular weight excluding hydrogens is 308 g/mol. The highest BCUT2D eigenvalue weighted by molar-refractivity contribution is 6.34. The summed E-state index contributed by atoms with van der Waals surface area (Å²) in [5.41, 5.74) is 4.70. The van der Waals surface area contributed by atoms with Crippen molar-refractivity contribution in [1.82, 2.24) is 0 Å². The van der Waals surface area contributed by atoms with Gasteiger partial charge >= 0.3 is 0 Å². The van der Waals surface area contributed by atoms with Crippen LogP contribution in [-0.2, 0) is 4.79 Å². The lowest BCUT2D eigenvalue weighted by Gasteiger charge is -2.08. The van der Waals surface area contributed by atoms with E-state index in [-0.39, 0.29) is 5.57 Å². The topological polar surface area (TPSA) is 52.9 Å². The molecule has 0 aliphatic heterocycles. The molecule has 2 aromatic carbocycles. The molecule has 0 aliphatic carbocycles. The van der Waals surface area contributed by atoms with Crippen LogP contribution in [0, 0.1) is 32.1 Å². The summed E-state index contributed by atoms with van der Waals surface area (Å²) in [7, 11) is 0. The molecule has 0 saturated carbocycles. The van der Waals surface area contributed by atoms with Gasteiger partial charge in [-0.25, -0.2) is 0 Å². The van der Waals surface area contributed by atoms with E-state index in [2.05, 4.69) is 5.32 Å². The average Bonchev–Trinajstić information content (AvgIpc) is 2.51. The van der Waals surface area contributed by atoms with Gasteiger partial charge in [-0.2, -0.15) is 5.26 Å². The molecule has 1 N–H and O–H groups in total. The van der Waals surface area contributed by atoms with E-state index in [0.29, 0.717) is 10.7 Å². The van der Waals surface area contributed by atoms with Crippen molar-refractivity contribution in [3.63, 3.8) is 0 Å². The molecule has 0 unspecified atom stereocenters. The number of anilines is 1. The predicted octanol–water partition coefficient (Wildman–Crippen LogP) is 4.81. The van der Waals surface area contributed by atoms with E-state index in [1.54, 1.807) is 30.3 Å². The SMILES string of the molecule is Cc1cc(C)c(C=C(C#N)C(=O)Nc2ccccc2Cl)cc1C. The number of rotatable bonds is 3. The minimum Gasteiger partial charge on any atom is -0.320 e. The molecule has 0 bridgehead atoms. The van der Waals surface area contributed by atoms with E-state index in [0.717, 1.165) is 16.7 Å². The first-order valence-corrected chi connectivity index (χ1v) is 7.55. The maximum absolute atomic E-state index is 12.3. The van der Waals surface area contributed by atoms with Crippen LogP contribution < -0.4 is 5.32 Å². The van der Waals surface area contributed by atoms with Crippen LogP contribution in [0.15, 0.2) is 42.0 Å². The van der Waals surface area contributed by atoms with Crippen LogP contribution in [0.2, 0.25) is 5.02 Å². The minimum atomic E-state index is -0.474. The highest BCUT2D eigenvalue weighted by Gasteiger charge is 2.12. The van der Waals surface area contributed by atoms with E-state index < -0.39 is 5.91 Å². The van der Waals surface area contributed by atoms with Crippen LogP contribution in [0.3, 0.4) is 0 Å². The summed E-state index contributed by atoms with van der Waals surface area (Å²) >= 11 is 6.02. The Labute approximate surface area is 141 Å². The fourth-order valence-corrected chi connectivity index (χ4v) is 2.38. The second-order valence-corrected chi connectivity index (χ2v) is 5.80. The average molecular weight is 325 g/mol. The number of benzene rings is 2. The molecule has 0 atom stereocenters. The van der Waals surface area contributed by atoms with E-state index in [1.165, 1.54) is 5.56 Å². The molecule has 3 nitrogen and oxygen atoms in total. The maximum atomic E-state index is 12.3. The minimum absolute atomic E-state index is 0.0382. The van der Waals surface area contributed by atoms with E-state index in [9.17, 15) is 10.1 Å². The molecule has 0 aliphatic rings. The monoisotopic (exact) mass is 324 g/mol. The summed E-state index contributed by atoms with van der Waals surface area (Å²) in [6, 6.07) is 12.9. The lowest BCUT2D eigenvalue weighted by molar-refractivity contribution is -0.112. The Bertz CT molecular complexity index is 832. The van der Waals surface area contributed by atoms with Crippen LogP contribution in [0.4, 0.5) is 5.69 Å². The summed E-state index contributed by atoms with van der Waals surface area (Å²) in [4.78, 5) is 12.3. The summed E-state index contributed by atoms with van der Waals surface area (Å²) in [6.45, 7) is 5.99. The van der Waals surface area contributed by atoms with Gasteiger partial charge in [0.15, 0.2) is 0 Å². The molecule has 0 aromatic heterocycles. The van der Waals surface area contributed by atoms with Gasteiger partial charge < -0.3 is 5.32 Å². The lowest BCUT2D eigenvalue weighted by atomic mass is 9.99. The Morgan fingerprint density at radius 2 is 1.78 bits per heavy atom. The molecule has 0 saturated heterocycles. The first-order valence-electron chi connectivity index (χ1n) is 7.18. The number of aryl methyl sites for hydroxylation is 3. The van der Waals surface area contributed by atoms with Crippen molar-refractivity contribution in [2.75, 3.05) is 5.32 Å². The Morgan fingerprint density at radius 1 is 1.13 bits per heavy atom. The number of amides is 1. The lowest BCUT2D eigenvalue weighted by Crippen LogP contribution is -2.13. The van der Waals surface area contributed by atoms with Gasteiger partial charge in [0.05, 0.1) is 10.7 Å². The number of nitrogens with one attached hydrogen (secondary N) is 1. The van der Waals surface area contributed by atoms with Crippen molar-refractivity contribution >= 4 is 29.3 Å². The van der Waals surface area contributed by atoms with Crippen LogP contribution in [0.25, 0.3) is 6.08 Å². The van der Waals surface area contributed by atoms with Gasteiger partial charge in [0.25, 0.3) is 5.91 Å². The van der Waals surface area contributed by atoms with Gasteiger partial charge in [0.1, 0.15) is 11.6 Å². The smallest absolute Gasteiger partial charge is 0.266 e. The number of carbonyl (C=O) groups is 1. The third-order valence-corrected chi connectivity index (χ3v) is 4.00. The van der Waals surface area contributed by atoms with Crippen molar-refractivity contribution in [3.8, 4) is 6.07 Å². The quantitative estimate of drug-likeness (QED) is 0.650. The van der Waals surface area contributed by atoms with Gasteiger partial charge in [0.2, 0.25) is 0 Å². The molecule has 116 valence electrons. The van der Waals surface area contributed by atoms with Crippen molar-refractivity contribution in [2.45, 2.75) is 20.8 Å². The Hall–Kier alpha value is -2.57. The van der Waals surface area contributed by atoms with E-state index >= 15 is 0 Å². The molecule has 23 heavy (non-hydrogen) atoms. The van der Waals surface area contributed by atoms with Crippen LogP contribution in [0.1, 0.15) is 22.3 Å². The van der Waals surface area contributed by atoms with Crippen molar-refractivity contribution in [1.29, 1.82) is 5.26 Å². The van der Waals surface area contributed by atoms with Crippen LogP contribution >= 0.6 is 11.6 Å². The number of nitriles is 1. The number of nitrogens with zero attached hydrogens (tertiary/aromatic N) is 1. The normalized spacial score (nSPS) is 11.0. The summed E-state index contributed by atoms with van der Waals surface area (Å²) < 4.78 is 0. The van der Waals surface area contributed by atoms with Crippen molar-refractivity contribution in [3.05, 3.63) is 69.2 Å². The number of hydrogen-bond acceptors (Lipinski definition) is 2. The molecular formula is C19H17ClN2O. The van der Waals surface area contributed by atoms with Gasteiger partial charge in [-0.15, -0.1) is 0 Å². The highest BCUT2D eigenvalue weighted by atomic mass is 35.5. The van der Waals surface area contributed by atoms with Gasteiger partial charge in [-0.1, -0.05) is 35.9 Å². The Balaban J connectivity index is 2.33. The predicted molar refractivity (Wildman–Crippen MR) is 94.3 cm³/mol. The van der Waals surface area contributed by atoms with Crippen molar-refractivity contribution < 1.29 is 4.79 Å². The molecule has 4 heteroatoms. The highest BCUT2D eigenvalue weighted by Crippen LogP contribution is 2.22. The molecule has 1 amide bonds. The molecule has 0 radical (unpaired) electrons. The largest absolute Gasteiger partial charge is 0.320 e. The van der Waals surface area contributed by atoms with Gasteiger partial charge in [-0.3, -0.25) is 4.79 Å². The number of halogens is 1. The Morgan fingerprint density at radius 3 is 2.43 bits per heavy atom. The van der Waals surface area contributed by atoms with E-state index in [1.807, 2.05) is 39.0 Å². The molecule has 0 fully saturated rings. The first-order chi connectivity index (χ1) is 10.9. The molecule has 2 aromatic rings. The van der Waals surface area contributed by atoms with Crippen LogP contribution in [0.5, 0.6) is 0 Å². The third kappa shape index (κ3) is 4.00. The second-order valence-electron chi connectivity index (χ2n) is 5.40. The standard InChI is InChI=1S/C19H17ClN2O/c1-12-8-14(3)15(9-13(12)2)10-16(11-21)19(23)22-18-7-5-4-6-17(18)20/h4-10H,1-3H3,(H,22,23). The summed E-state index contributed by atoms with van der Waals surface area (Å²) in [5.74, 6) is -0.474. The summed E-state index contributed by atoms with van der Waals surface area (Å²) in [5, 5.41) is 12.4. The van der Waals surface area contributed by atoms with Crippen molar-refractivity contribution in [2.24, 2.45) is 0 Å². The molecule has 0 spiro atoms. The van der Waals surface area contributed by atoms with Gasteiger partial charge in [0, 0.05) is 0 Å². The first kappa shape index (κ1) is 16.8. The fraction of sp³-hybridized carbons (Fsp3) is 0.158. The van der Waals surface area contributed by atoms with Crippen LogP contribution in [-0.4, -0.2) is 5.91 Å². The maximum Gasteiger partial charge on any atom is 0.266 e. The molecule has 0 heterocycles. The third-order valence-electron chi connectivity index (χ3n) is 3.67. The zero-order valence-corrected chi connectivity index (χ0v) is 14.0. The number of carbonyl (C=O) groups excluding carboxylic acids is 1. The van der Waals surface area contributed by atoms with Gasteiger partial charge in [-0.05, 0) is 61.2 Å². The molecule has 2 rings (SSSR count).